The van der Waals surface area contributed by atoms with Crippen molar-refractivity contribution in [3.8, 4) is 0 Å². The van der Waals surface area contributed by atoms with Crippen molar-refractivity contribution in [3.63, 3.8) is 0 Å². The molecule has 4 aromatic rings. The molecule has 0 aromatic carbocycles. The number of urea groups is 1. The van der Waals surface area contributed by atoms with E-state index in [0.717, 1.165) is 70.6 Å². The minimum atomic E-state index is -1.14. The second kappa shape index (κ2) is 18.2. The number of nitrogens with zero attached hydrogens (tertiary/aromatic N) is 8. The topological polar surface area (TPSA) is 251 Å². The van der Waals surface area contributed by atoms with Crippen LogP contribution >= 0.6 is 23.2 Å². The van der Waals surface area contributed by atoms with Crippen molar-refractivity contribution in [2.24, 2.45) is 0 Å². The zero-order valence-corrected chi connectivity index (χ0v) is 35.3. The van der Waals surface area contributed by atoms with Gasteiger partial charge in [-0.05, 0) is 100 Å². The molecule has 0 spiro atoms. The van der Waals surface area contributed by atoms with E-state index in [2.05, 4.69) is 66.4 Å². The van der Waals surface area contributed by atoms with Gasteiger partial charge in [0.15, 0.2) is 34.0 Å². The van der Waals surface area contributed by atoms with Gasteiger partial charge in [-0.3, -0.25) is 9.59 Å². The standard InChI is InChI=1S/C39H54Cl2N14O5/c1-3-27(56)44-23-13-14-24(15-23)54-17-42-29-33(50-37(40)52-35(29)54)45-19-5-9-21(10-6-19)47-39(60)48-22-11-7-20(8-12-22)46-34-30-36(53-38(41)51-34)55(18-43-30)26-16-25(31(58)32(26)59)49-28(57)4-2/h17-26,31-32,58-59H,3-16H2,1-2H3,(H,44,56)(H,49,57)(H,45,50,52)(H,46,51,53)(H2,47,48,60)/t19-,20-,21-,22-,23-,24+,25+,26-,31-,32+/m1/s1. The van der Waals surface area contributed by atoms with Crippen LogP contribution in [0.15, 0.2) is 12.7 Å². The first-order valence-corrected chi connectivity index (χ1v) is 22.1. The first kappa shape index (κ1) is 42.1. The maximum atomic E-state index is 13.1. The third kappa shape index (κ3) is 9.18. The maximum Gasteiger partial charge on any atom is 0.315 e. The van der Waals surface area contributed by atoms with Crippen molar-refractivity contribution in [1.82, 2.24) is 60.3 Å². The molecule has 0 radical (unpaired) electrons. The summed E-state index contributed by atoms with van der Waals surface area (Å²) in [5, 5.41) is 41.0. The van der Waals surface area contributed by atoms with Crippen molar-refractivity contribution in [3.05, 3.63) is 23.2 Å². The molecule has 4 aliphatic rings. The summed E-state index contributed by atoms with van der Waals surface area (Å²) in [4.78, 5) is 64.1. The fraction of sp³-hybridized carbons (Fsp3) is 0.667. The Hall–Kier alpha value is -4.59. The summed E-state index contributed by atoms with van der Waals surface area (Å²) in [5.74, 6) is 0.946. The number of hydrogen-bond acceptors (Lipinski definition) is 13. The molecule has 4 fully saturated rings. The number of aliphatic hydroxyl groups excluding tert-OH is 2. The van der Waals surface area contributed by atoms with Crippen LogP contribution in [-0.2, 0) is 9.59 Å². The van der Waals surface area contributed by atoms with Crippen molar-refractivity contribution in [2.75, 3.05) is 10.6 Å². The lowest BCUT2D eigenvalue weighted by atomic mass is 9.90. The number of imidazole rings is 2. The second-order valence-corrected chi connectivity index (χ2v) is 17.4. The Balaban J connectivity index is 0.793. The Labute approximate surface area is 357 Å². The van der Waals surface area contributed by atoms with Crippen LogP contribution in [0.1, 0.15) is 116 Å². The first-order chi connectivity index (χ1) is 29.0. The van der Waals surface area contributed by atoms with Crippen LogP contribution in [0.3, 0.4) is 0 Å². The van der Waals surface area contributed by atoms with Crippen molar-refractivity contribution in [1.29, 1.82) is 0 Å². The lowest BCUT2D eigenvalue weighted by Crippen LogP contribution is -2.49. The number of fused-ring (bicyclic) bond motifs is 2. The Morgan fingerprint density at radius 2 is 1.10 bits per heavy atom. The normalized spacial score (nSPS) is 29.4. The van der Waals surface area contributed by atoms with E-state index in [9.17, 15) is 24.6 Å². The van der Waals surface area contributed by atoms with Gasteiger partial charge in [0.05, 0.1) is 24.7 Å². The molecule has 4 aromatic heterocycles. The molecule has 0 bridgehead atoms. The van der Waals surface area contributed by atoms with Crippen LogP contribution in [0, 0.1) is 0 Å². The summed E-state index contributed by atoms with van der Waals surface area (Å²) >= 11 is 12.8. The van der Waals surface area contributed by atoms with Gasteiger partial charge in [-0.2, -0.15) is 19.9 Å². The molecule has 324 valence electrons. The smallest absolute Gasteiger partial charge is 0.315 e. The number of aromatic nitrogens is 8. The molecule has 4 heterocycles. The molecule has 4 saturated carbocycles. The van der Waals surface area contributed by atoms with Crippen LogP contribution in [0.25, 0.3) is 22.3 Å². The maximum absolute atomic E-state index is 13.1. The largest absolute Gasteiger partial charge is 0.388 e. The third-order valence-corrected chi connectivity index (χ3v) is 13.1. The Bertz CT molecular complexity index is 2190. The Morgan fingerprint density at radius 1 is 0.617 bits per heavy atom. The molecule has 4 amide bonds. The predicted octanol–water partition coefficient (Wildman–Crippen LogP) is 3.90. The van der Waals surface area contributed by atoms with Crippen molar-refractivity contribution < 1.29 is 24.6 Å². The first-order valence-electron chi connectivity index (χ1n) is 21.3. The molecule has 6 atom stereocenters. The molecule has 8 N–H and O–H groups in total. The van der Waals surface area contributed by atoms with Crippen molar-refractivity contribution in [2.45, 2.75) is 164 Å². The highest BCUT2D eigenvalue weighted by molar-refractivity contribution is 6.29. The fourth-order valence-corrected chi connectivity index (χ4v) is 9.79. The van der Waals surface area contributed by atoms with Gasteiger partial charge in [0.25, 0.3) is 0 Å². The third-order valence-electron chi connectivity index (χ3n) is 12.8. The van der Waals surface area contributed by atoms with Gasteiger partial charge in [0.1, 0.15) is 12.2 Å². The lowest BCUT2D eigenvalue weighted by Gasteiger charge is -2.32. The van der Waals surface area contributed by atoms with Crippen molar-refractivity contribution >= 4 is 75.0 Å². The van der Waals surface area contributed by atoms with E-state index in [1.54, 1.807) is 24.1 Å². The number of nitrogens with one attached hydrogen (secondary N) is 6. The van der Waals surface area contributed by atoms with Gasteiger partial charge < -0.3 is 51.2 Å². The van der Waals surface area contributed by atoms with Gasteiger partial charge in [-0.15, -0.1) is 0 Å². The monoisotopic (exact) mass is 868 g/mol. The molecule has 0 saturated heterocycles. The van der Waals surface area contributed by atoms with E-state index in [1.807, 2.05) is 6.92 Å². The van der Waals surface area contributed by atoms with Gasteiger partial charge in [0, 0.05) is 49.1 Å². The number of hydrogen-bond donors (Lipinski definition) is 8. The minimum Gasteiger partial charge on any atom is -0.388 e. The number of amides is 4. The molecule has 8 rings (SSSR count). The molecular formula is C39H54Cl2N14O5. The lowest BCUT2D eigenvalue weighted by molar-refractivity contribution is -0.122. The summed E-state index contributed by atoms with van der Waals surface area (Å²) in [6.45, 7) is 3.59. The number of anilines is 2. The molecule has 4 aliphatic carbocycles. The molecule has 0 aliphatic heterocycles. The second-order valence-electron chi connectivity index (χ2n) is 16.7. The summed E-state index contributed by atoms with van der Waals surface area (Å²) in [6.07, 6.45) is 11.2. The van der Waals surface area contributed by atoms with Gasteiger partial charge in [-0.25, -0.2) is 14.8 Å². The van der Waals surface area contributed by atoms with Crippen LogP contribution < -0.4 is 31.9 Å². The zero-order valence-electron chi connectivity index (χ0n) is 33.8. The summed E-state index contributed by atoms with van der Waals surface area (Å²) < 4.78 is 3.75. The van der Waals surface area contributed by atoms with E-state index >= 15 is 0 Å². The predicted molar refractivity (Wildman–Crippen MR) is 225 cm³/mol. The molecule has 21 heteroatoms. The highest BCUT2D eigenvalue weighted by atomic mass is 35.5. The van der Waals surface area contributed by atoms with E-state index in [1.165, 1.54) is 0 Å². The van der Waals surface area contributed by atoms with Crippen LogP contribution in [0.4, 0.5) is 16.4 Å². The number of rotatable bonds is 12. The quantitative estimate of drug-likeness (QED) is 0.0943. The van der Waals surface area contributed by atoms with Gasteiger partial charge in [-0.1, -0.05) is 13.8 Å². The number of carbonyl (C=O) groups is 3. The number of aliphatic hydroxyl groups is 2. The molecular weight excluding hydrogens is 815 g/mol. The van der Waals surface area contributed by atoms with Gasteiger partial charge >= 0.3 is 6.03 Å². The fourth-order valence-electron chi connectivity index (χ4n) is 9.46. The molecule has 0 unspecified atom stereocenters. The van der Waals surface area contributed by atoms with E-state index in [-0.39, 0.29) is 71.1 Å². The Kier molecular flexibility index (Phi) is 12.8. The summed E-state index contributed by atoms with van der Waals surface area (Å²) in [6, 6.07) is -0.749. The van der Waals surface area contributed by atoms with Crippen LogP contribution in [-0.4, -0.2) is 116 Å². The number of halogens is 2. The molecule has 60 heavy (non-hydrogen) atoms. The average Bonchev–Trinajstić information content (AvgIpc) is 4.03. The van der Waals surface area contributed by atoms with Crippen LogP contribution in [0.5, 0.6) is 0 Å². The molecule has 19 nitrogen and oxygen atoms in total. The van der Waals surface area contributed by atoms with E-state index in [4.69, 9.17) is 23.2 Å². The highest BCUT2D eigenvalue weighted by Crippen LogP contribution is 2.36. The number of carbonyl (C=O) groups excluding carboxylic acids is 3. The summed E-state index contributed by atoms with van der Waals surface area (Å²) in [7, 11) is 0. The SMILES string of the molecule is CCC(=O)N[C@@H]1CC[C@H](n2cnc3c(N[C@H]4CC[C@H](NC(=O)N[C@H]5CC[C@H](Nc6nc(Cl)nc7c6ncn7[C@@H]6C[C@H](NC(=O)CC)[C@@H](O)[C@H]6O)CC5)CC4)nc(Cl)nc32)C1. The highest BCUT2D eigenvalue weighted by Gasteiger charge is 2.44. The van der Waals surface area contributed by atoms with Crippen LogP contribution in [0.2, 0.25) is 10.6 Å². The summed E-state index contributed by atoms with van der Waals surface area (Å²) in [5.41, 5.74) is 2.27. The Morgan fingerprint density at radius 3 is 1.65 bits per heavy atom. The average molecular weight is 870 g/mol. The van der Waals surface area contributed by atoms with E-state index < -0.39 is 24.3 Å². The van der Waals surface area contributed by atoms with Gasteiger partial charge in [0.2, 0.25) is 22.4 Å². The zero-order chi connectivity index (χ0) is 42.1. The minimum absolute atomic E-state index is 0.0180. The van der Waals surface area contributed by atoms with E-state index in [0.29, 0.717) is 46.8 Å².